The van der Waals surface area contributed by atoms with Crippen LogP contribution in [-0.2, 0) is 6.54 Å². The number of rotatable bonds is 3. The van der Waals surface area contributed by atoms with Crippen LogP contribution in [0.3, 0.4) is 0 Å². The molecular weight excluding hydrogens is 326 g/mol. The highest BCUT2D eigenvalue weighted by Gasteiger charge is 2.21. The van der Waals surface area contributed by atoms with Crippen LogP contribution in [0.5, 0.6) is 0 Å². The van der Waals surface area contributed by atoms with E-state index in [4.69, 9.17) is 0 Å². The Labute approximate surface area is 152 Å². The third-order valence-corrected chi connectivity index (χ3v) is 4.49. The Kier molecular flexibility index (Phi) is 4.45. The van der Waals surface area contributed by atoms with Crippen molar-refractivity contribution in [3.05, 3.63) is 59.5 Å². The molecule has 1 aliphatic rings. The van der Waals surface area contributed by atoms with Crippen LogP contribution >= 0.6 is 0 Å². The number of quaternary nitrogens is 1. The zero-order chi connectivity index (χ0) is 17.9. The lowest BCUT2D eigenvalue weighted by atomic mass is 10.1. The van der Waals surface area contributed by atoms with Crippen LogP contribution in [-0.4, -0.2) is 34.2 Å². The fraction of sp³-hybridized carbons (Fsp3) is 0.263. The van der Waals surface area contributed by atoms with E-state index in [0.717, 1.165) is 42.4 Å². The van der Waals surface area contributed by atoms with Crippen LogP contribution < -0.4 is 20.5 Å². The normalized spacial score (nSPS) is 16.8. The molecule has 0 spiro atoms. The second kappa shape index (κ2) is 7.05. The molecule has 1 unspecified atom stereocenters. The first-order chi connectivity index (χ1) is 12.7. The lowest BCUT2D eigenvalue weighted by Gasteiger charge is -2.20. The molecule has 4 rings (SSSR count). The van der Waals surface area contributed by atoms with Crippen LogP contribution in [0.15, 0.2) is 42.7 Å². The minimum Gasteiger partial charge on any atom is -0.273 e. The smallest absolute Gasteiger partial charge is 0.273 e. The zero-order valence-corrected chi connectivity index (χ0v) is 15.0. The molecule has 2 aromatic heterocycles. The first-order valence-corrected chi connectivity index (χ1v) is 8.76. The summed E-state index contributed by atoms with van der Waals surface area (Å²) in [7, 11) is 0. The van der Waals surface area contributed by atoms with E-state index in [1.165, 1.54) is 16.0 Å². The Morgan fingerprint density at radius 2 is 2.15 bits per heavy atom. The van der Waals surface area contributed by atoms with E-state index in [1.54, 1.807) is 6.20 Å². The van der Waals surface area contributed by atoms with Crippen molar-refractivity contribution in [2.24, 2.45) is 0 Å². The second-order valence-electron chi connectivity index (χ2n) is 6.65. The van der Waals surface area contributed by atoms with Crippen LogP contribution in [0.1, 0.15) is 16.8 Å². The standard InChI is InChI=1S/C19H21N7/c1-13-5-6-17-16(8-13)14(2)23-19(24-17)25-18-21-11-26(12-22-18)10-15-4-3-7-20-9-15/h3-9H,10-12H2,1-2H3,(H2,21,22,23,24,25)/p+2. The first kappa shape index (κ1) is 16.4. The van der Waals surface area contributed by atoms with E-state index in [-0.39, 0.29) is 0 Å². The van der Waals surface area contributed by atoms with Gasteiger partial charge in [0.05, 0.1) is 11.2 Å². The summed E-state index contributed by atoms with van der Waals surface area (Å²) in [4.78, 5) is 18.1. The first-order valence-electron chi connectivity index (χ1n) is 8.76. The lowest BCUT2D eigenvalue weighted by molar-refractivity contribution is -0.991. The SMILES string of the molecule is Cc1ccc2nc(NC3=[NH+]C[NH+](Cc4cccnc4)CN3)nc(C)c2c1. The molecule has 1 aromatic carbocycles. The van der Waals surface area contributed by atoms with E-state index >= 15 is 0 Å². The van der Waals surface area contributed by atoms with Crippen molar-refractivity contribution < 1.29 is 9.89 Å². The van der Waals surface area contributed by atoms with Crippen molar-refractivity contribution in [3.63, 3.8) is 0 Å². The summed E-state index contributed by atoms with van der Waals surface area (Å²) in [5.41, 5.74) is 4.37. The topological polar surface area (TPSA) is 81.1 Å². The number of fused-ring (bicyclic) bond motifs is 1. The third kappa shape index (κ3) is 3.62. The number of aryl methyl sites for hydroxylation is 2. The molecule has 26 heavy (non-hydrogen) atoms. The molecule has 0 radical (unpaired) electrons. The predicted octanol–water partition coefficient (Wildman–Crippen LogP) is -0.907. The van der Waals surface area contributed by atoms with Crippen LogP contribution in [0.2, 0.25) is 0 Å². The Morgan fingerprint density at radius 1 is 1.23 bits per heavy atom. The number of pyridine rings is 1. The molecule has 3 aromatic rings. The molecule has 4 N–H and O–H groups in total. The number of hydrogen-bond acceptors (Lipinski definition) is 5. The fourth-order valence-electron chi connectivity index (χ4n) is 3.12. The minimum atomic E-state index is 0.601. The Morgan fingerprint density at radius 3 is 2.92 bits per heavy atom. The van der Waals surface area contributed by atoms with Crippen LogP contribution in [0.25, 0.3) is 10.9 Å². The summed E-state index contributed by atoms with van der Waals surface area (Å²) in [6.07, 6.45) is 3.71. The number of hydrogen-bond donors (Lipinski definition) is 4. The van der Waals surface area contributed by atoms with Gasteiger partial charge in [-0.3, -0.25) is 9.88 Å². The molecule has 0 saturated carbocycles. The largest absolute Gasteiger partial charge is 0.359 e. The maximum Gasteiger partial charge on any atom is 0.359 e. The maximum absolute atomic E-state index is 4.62. The van der Waals surface area contributed by atoms with Gasteiger partial charge in [0, 0.05) is 23.3 Å². The summed E-state index contributed by atoms with van der Waals surface area (Å²) in [5.74, 6) is 1.44. The number of benzene rings is 1. The quantitative estimate of drug-likeness (QED) is 0.492. The number of anilines is 1. The van der Waals surface area contributed by atoms with Gasteiger partial charge in [0.25, 0.3) is 5.95 Å². The van der Waals surface area contributed by atoms with Crippen molar-refractivity contribution in [2.45, 2.75) is 20.4 Å². The van der Waals surface area contributed by atoms with E-state index in [9.17, 15) is 0 Å². The van der Waals surface area contributed by atoms with Crippen LogP contribution in [0.4, 0.5) is 5.95 Å². The summed E-state index contributed by atoms with van der Waals surface area (Å²) in [6.45, 7) is 6.65. The van der Waals surface area contributed by atoms with Crippen molar-refractivity contribution in [1.82, 2.24) is 20.3 Å². The molecule has 3 heterocycles. The number of nitrogens with one attached hydrogen (secondary N) is 4. The highest BCUT2D eigenvalue weighted by Crippen LogP contribution is 2.18. The van der Waals surface area contributed by atoms with Gasteiger partial charge in [-0.2, -0.15) is 4.98 Å². The van der Waals surface area contributed by atoms with E-state index in [0.29, 0.717) is 5.95 Å². The predicted molar refractivity (Wildman–Crippen MR) is 100 cm³/mol. The Hall–Kier alpha value is -3.06. The van der Waals surface area contributed by atoms with E-state index < -0.39 is 0 Å². The number of aromatic nitrogens is 3. The molecule has 7 heteroatoms. The summed E-state index contributed by atoms with van der Waals surface area (Å²) in [6, 6.07) is 10.3. The molecule has 0 fully saturated rings. The van der Waals surface area contributed by atoms with Crippen molar-refractivity contribution in [3.8, 4) is 0 Å². The van der Waals surface area contributed by atoms with E-state index in [2.05, 4.69) is 55.7 Å². The zero-order valence-electron chi connectivity index (χ0n) is 15.0. The third-order valence-electron chi connectivity index (χ3n) is 4.49. The molecular formula is C19H23N7+2. The summed E-state index contributed by atoms with van der Waals surface area (Å²) >= 11 is 0. The molecule has 1 aliphatic heterocycles. The van der Waals surface area contributed by atoms with Gasteiger partial charge in [0.15, 0.2) is 13.3 Å². The second-order valence-corrected chi connectivity index (χ2v) is 6.65. The molecule has 0 bridgehead atoms. The minimum absolute atomic E-state index is 0.601. The average Bonchev–Trinajstić information content (AvgIpc) is 2.65. The van der Waals surface area contributed by atoms with Crippen molar-refractivity contribution >= 4 is 22.8 Å². The molecule has 0 saturated heterocycles. The van der Waals surface area contributed by atoms with Crippen molar-refractivity contribution in [2.75, 3.05) is 18.7 Å². The molecule has 0 amide bonds. The molecule has 0 aliphatic carbocycles. The molecule has 1 atom stereocenters. The lowest BCUT2D eigenvalue weighted by Crippen LogP contribution is -3.23. The van der Waals surface area contributed by atoms with Gasteiger partial charge in [-0.05, 0) is 32.0 Å². The van der Waals surface area contributed by atoms with Gasteiger partial charge < -0.3 is 0 Å². The molecule has 7 nitrogen and oxygen atoms in total. The summed E-state index contributed by atoms with van der Waals surface area (Å²) < 4.78 is 0. The highest BCUT2D eigenvalue weighted by molar-refractivity contribution is 5.89. The van der Waals surface area contributed by atoms with Crippen LogP contribution in [0, 0.1) is 13.8 Å². The monoisotopic (exact) mass is 349 g/mol. The van der Waals surface area contributed by atoms with Gasteiger partial charge in [-0.15, -0.1) is 0 Å². The van der Waals surface area contributed by atoms with E-state index in [1.807, 2.05) is 25.3 Å². The maximum atomic E-state index is 4.62. The fourth-order valence-corrected chi connectivity index (χ4v) is 3.12. The van der Waals surface area contributed by atoms with Gasteiger partial charge in [0.2, 0.25) is 0 Å². The summed E-state index contributed by atoms with van der Waals surface area (Å²) in [5, 5.41) is 7.73. The average molecular weight is 349 g/mol. The van der Waals surface area contributed by atoms with Crippen molar-refractivity contribution in [1.29, 1.82) is 0 Å². The van der Waals surface area contributed by atoms with Gasteiger partial charge in [-0.1, -0.05) is 17.7 Å². The Bertz CT molecular complexity index is 953. The molecule has 132 valence electrons. The van der Waals surface area contributed by atoms with Gasteiger partial charge in [-0.25, -0.2) is 20.6 Å². The Balaban J connectivity index is 1.45. The number of guanidine groups is 1. The van der Waals surface area contributed by atoms with Gasteiger partial charge in [0.1, 0.15) is 6.54 Å². The highest BCUT2D eigenvalue weighted by atomic mass is 15.4. The number of nitrogens with zero attached hydrogens (tertiary/aromatic N) is 3. The van der Waals surface area contributed by atoms with Gasteiger partial charge >= 0.3 is 5.96 Å².